The highest BCUT2D eigenvalue weighted by atomic mass is 15.2. The van der Waals surface area contributed by atoms with E-state index in [2.05, 4.69) is 99.1 Å². The predicted octanol–water partition coefficient (Wildman–Crippen LogP) is 11.4. The molecule has 0 fully saturated rings. The normalized spacial score (nSPS) is 11.1. The van der Waals surface area contributed by atoms with Crippen LogP contribution in [0.25, 0.3) is 38.1 Å². The lowest BCUT2D eigenvalue weighted by atomic mass is 10.0. The minimum absolute atomic E-state index is 0.566. The average molecular weight is 651 g/mol. The van der Waals surface area contributed by atoms with Crippen molar-refractivity contribution in [3.8, 4) is 18.2 Å². The van der Waals surface area contributed by atoms with E-state index in [9.17, 15) is 15.8 Å². The minimum Gasteiger partial charge on any atom is -0.310 e. The van der Waals surface area contributed by atoms with Crippen LogP contribution in [0, 0.1) is 34.0 Å². The second-order valence-electron chi connectivity index (χ2n) is 12.4. The standard InChI is InChI=1S/C45H26N6/c46-27-30-18-22-34(23-19-30)49(33-9-2-1-3-10-33)39-14-6-16-41-43(39)37-12-5-13-38-44-40(15-7-17-42(44)51(41)45(37)38)50(35-24-20-31(28-47)21-25-35)36-11-4-8-32(26-36)29-48/h1-26H. The molecular formula is C45H26N6. The number of anilines is 6. The van der Waals surface area contributed by atoms with Crippen LogP contribution in [0.15, 0.2) is 158 Å². The van der Waals surface area contributed by atoms with Crippen LogP contribution < -0.4 is 9.80 Å². The highest BCUT2D eigenvalue weighted by molar-refractivity contribution is 6.28. The number of nitrogens with zero attached hydrogens (tertiary/aromatic N) is 6. The topological polar surface area (TPSA) is 82.3 Å². The molecule has 0 amide bonds. The van der Waals surface area contributed by atoms with E-state index in [0.29, 0.717) is 16.7 Å². The van der Waals surface area contributed by atoms with Crippen molar-refractivity contribution in [2.24, 2.45) is 0 Å². The van der Waals surface area contributed by atoms with Crippen LogP contribution in [0.4, 0.5) is 34.1 Å². The number of benzene rings is 7. The Labute approximate surface area is 294 Å². The first kappa shape index (κ1) is 29.5. The predicted molar refractivity (Wildman–Crippen MR) is 205 cm³/mol. The summed E-state index contributed by atoms with van der Waals surface area (Å²) in [5, 5.41) is 33.3. The molecule has 236 valence electrons. The molecule has 0 bridgehead atoms. The zero-order chi connectivity index (χ0) is 34.5. The van der Waals surface area contributed by atoms with Gasteiger partial charge in [-0.05, 0) is 103 Å². The van der Waals surface area contributed by atoms with Gasteiger partial charge in [0.15, 0.2) is 0 Å². The van der Waals surface area contributed by atoms with Crippen LogP contribution >= 0.6 is 0 Å². The molecule has 0 saturated carbocycles. The van der Waals surface area contributed by atoms with E-state index in [0.717, 1.165) is 72.2 Å². The zero-order valence-corrected chi connectivity index (χ0v) is 27.2. The molecule has 6 nitrogen and oxygen atoms in total. The van der Waals surface area contributed by atoms with Crippen molar-refractivity contribution >= 4 is 72.2 Å². The lowest BCUT2D eigenvalue weighted by molar-refractivity contribution is 1.28. The second-order valence-corrected chi connectivity index (χ2v) is 12.4. The third-order valence-electron chi connectivity index (χ3n) is 9.56. The average Bonchev–Trinajstić information content (AvgIpc) is 3.73. The first-order valence-electron chi connectivity index (χ1n) is 16.5. The van der Waals surface area contributed by atoms with Crippen LogP contribution in [-0.2, 0) is 0 Å². The summed E-state index contributed by atoms with van der Waals surface area (Å²) >= 11 is 0. The number of rotatable bonds is 6. The summed E-state index contributed by atoms with van der Waals surface area (Å²) in [5.74, 6) is 0. The fourth-order valence-corrected chi connectivity index (χ4v) is 7.43. The maximum atomic E-state index is 9.81. The lowest BCUT2D eigenvalue weighted by Crippen LogP contribution is -2.11. The molecule has 0 saturated heterocycles. The molecule has 9 aromatic rings. The number of hydrogen-bond donors (Lipinski definition) is 0. The quantitative estimate of drug-likeness (QED) is 0.179. The number of para-hydroxylation sites is 2. The van der Waals surface area contributed by atoms with Crippen molar-refractivity contribution in [1.82, 2.24) is 4.40 Å². The molecule has 0 aliphatic rings. The molecule has 7 aromatic carbocycles. The van der Waals surface area contributed by atoms with Gasteiger partial charge in [-0.25, -0.2) is 0 Å². The molecule has 9 rings (SSSR count). The van der Waals surface area contributed by atoms with Crippen LogP contribution in [0.1, 0.15) is 16.7 Å². The van der Waals surface area contributed by atoms with Gasteiger partial charge in [-0.1, -0.05) is 54.6 Å². The smallest absolute Gasteiger partial charge is 0.0992 e. The zero-order valence-electron chi connectivity index (χ0n) is 27.2. The molecule has 0 atom stereocenters. The number of fused-ring (bicyclic) bond motifs is 6. The van der Waals surface area contributed by atoms with E-state index in [1.807, 2.05) is 91.0 Å². The van der Waals surface area contributed by atoms with Gasteiger partial charge in [-0.15, -0.1) is 0 Å². The SMILES string of the molecule is N#Cc1ccc(N(c2ccccc2)c2cccc3c2c2cccc4c5c(N(c6ccc(C#N)cc6)c6cccc(C#N)c6)cccc5n3c24)cc1. The van der Waals surface area contributed by atoms with Crippen LogP contribution in [-0.4, -0.2) is 4.40 Å². The summed E-state index contributed by atoms with van der Waals surface area (Å²) < 4.78 is 2.37. The third-order valence-corrected chi connectivity index (χ3v) is 9.56. The van der Waals surface area contributed by atoms with Gasteiger partial charge in [0, 0.05) is 44.3 Å². The molecule has 0 N–H and O–H groups in total. The second kappa shape index (κ2) is 11.8. The van der Waals surface area contributed by atoms with Gasteiger partial charge >= 0.3 is 0 Å². The summed E-state index contributed by atoms with van der Waals surface area (Å²) in [5.41, 5.74) is 10.7. The summed E-state index contributed by atoms with van der Waals surface area (Å²) in [4.78, 5) is 4.43. The molecule has 0 aliphatic carbocycles. The molecule has 51 heavy (non-hydrogen) atoms. The highest BCUT2D eigenvalue weighted by Gasteiger charge is 2.25. The Hall–Kier alpha value is -7.59. The minimum atomic E-state index is 0.566. The van der Waals surface area contributed by atoms with E-state index < -0.39 is 0 Å². The van der Waals surface area contributed by atoms with Crippen molar-refractivity contribution in [3.63, 3.8) is 0 Å². The number of nitriles is 3. The summed E-state index contributed by atoms with van der Waals surface area (Å²) in [6, 6.07) is 59.3. The highest BCUT2D eigenvalue weighted by Crippen LogP contribution is 2.49. The van der Waals surface area contributed by atoms with E-state index >= 15 is 0 Å². The summed E-state index contributed by atoms with van der Waals surface area (Å²) in [6.45, 7) is 0. The van der Waals surface area contributed by atoms with Gasteiger partial charge in [-0.3, -0.25) is 0 Å². The van der Waals surface area contributed by atoms with Crippen molar-refractivity contribution in [2.45, 2.75) is 0 Å². The Kier molecular flexibility index (Phi) is 6.85. The van der Waals surface area contributed by atoms with Crippen molar-refractivity contribution in [2.75, 3.05) is 9.80 Å². The fourth-order valence-electron chi connectivity index (χ4n) is 7.43. The van der Waals surface area contributed by atoms with Gasteiger partial charge in [0.2, 0.25) is 0 Å². The molecule has 0 aliphatic heterocycles. The number of aromatic nitrogens is 1. The first-order valence-corrected chi connectivity index (χ1v) is 16.5. The maximum Gasteiger partial charge on any atom is 0.0992 e. The van der Waals surface area contributed by atoms with Crippen molar-refractivity contribution in [1.29, 1.82) is 15.8 Å². The summed E-state index contributed by atoms with van der Waals surface area (Å²) in [6.07, 6.45) is 0. The Bertz CT molecular complexity index is 2890. The Morgan fingerprint density at radius 3 is 1.37 bits per heavy atom. The Balaban J connectivity index is 1.34. The Morgan fingerprint density at radius 1 is 0.392 bits per heavy atom. The fraction of sp³-hybridized carbons (Fsp3) is 0. The van der Waals surface area contributed by atoms with Crippen molar-refractivity contribution < 1.29 is 0 Å². The molecule has 6 heteroatoms. The van der Waals surface area contributed by atoms with Crippen LogP contribution in [0.2, 0.25) is 0 Å². The first-order chi connectivity index (χ1) is 25.2. The van der Waals surface area contributed by atoms with Gasteiger partial charge in [-0.2, -0.15) is 15.8 Å². The maximum absolute atomic E-state index is 9.81. The third kappa shape index (κ3) is 4.62. The largest absolute Gasteiger partial charge is 0.310 e. The van der Waals surface area contributed by atoms with E-state index in [1.165, 1.54) is 0 Å². The Morgan fingerprint density at radius 2 is 0.843 bits per heavy atom. The van der Waals surface area contributed by atoms with E-state index in [-0.39, 0.29) is 0 Å². The van der Waals surface area contributed by atoms with E-state index in [1.54, 1.807) is 0 Å². The van der Waals surface area contributed by atoms with Crippen molar-refractivity contribution in [3.05, 3.63) is 174 Å². The van der Waals surface area contributed by atoms with Crippen LogP contribution in [0.5, 0.6) is 0 Å². The molecule has 2 heterocycles. The molecule has 0 spiro atoms. The summed E-state index contributed by atoms with van der Waals surface area (Å²) in [7, 11) is 0. The van der Waals surface area contributed by atoms with Gasteiger partial charge in [0.1, 0.15) is 0 Å². The van der Waals surface area contributed by atoms with Gasteiger partial charge < -0.3 is 14.2 Å². The van der Waals surface area contributed by atoms with Gasteiger partial charge in [0.05, 0.1) is 62.8 Å². The van der Waals surface area contributed by atoms with E-state index in [4.69, 9.17) is 0 Å². The van der Waals surface area contributed by atoms with Gasteiger partial charge in [0.25, 0.3) is 0 Å². The monoisotopic (exact) mass is 650 g/mol. The lowest BCUT2D eigenvalue weighted by Gasteiger charge is -2.27. The molecule has 0 unspecified atom stereocenters. The van der Waals surface area contributed by atoms with Crippen LogP contribution in [0.3, 0.4) is 0 Å². The molecule has 2 aromatic heterocycles. The molecular weight excluding hydrogens is 625 g/mol. The number of hydrogen-bond acceptors (Lipinski definition) is 5. The molecule has 0 radical (unpaired) electrons.